The second-order valence-electron chi connectivity index (χ2n) is 8.44. The Labute approximate surface area is 176 Å². The zero-order valence-corrected chi connectivity index (χ0v) is 17.5. The number of rotatable bonds is 6. The van der Waals surface area contributed by atoms with E-state index in [1.165, 1.54) is 0 Å². The molecule has 1 aromatic carbocycles. The van der Waals surface area contributed by atoms with Crippen molar-refractivity contribution in [1.29, 1.82) is 5.26 Å². The number of fused-ring (bicyclic) bond motifs is 1. The lowest BCUT2D eigenvalue weighted by Crippen LogP contribution is -2.50. The Morgan fingerprint density at radius 2 is 1.97 bits per heavy atom. The SMILES string of the molecule is COc1ccc2cc(C(=O)N[C@H]3CCCC[C@H]3C(=O)NC(C#N)C3CC3)n(C)c2c1. The fraction of sp³-hybridized carbons (Fsp3) is 0.522. The van der Waals surface area contributed by atoms with Gasteiger partial charge in [-0.25, -0.2) is 0 Å². The molecular weight excluding hydrogens is 380 g/mol. The molecule has 7 nitrogen and oxygen atoms in total. The summed E-state index contributed by atoms with van der Waals surface area (Å²) in [6, 6.07) is 9.15. The number of hydrogen-bond acceptors (Lipinski definition) is 4. The van der Waals surface area contributed by atoms with E-state index >= 15 is 0 Å². The molecule has 3 atom stereocenters. The summed E-state index contributed by atoms with van der Waals surface area (Å²) < 4.78 is 7.14. The van der Waals surface area contributed by atoms with Crippen molar-refractivity contribution in [2.24, 2.45) is 18.9 Å². The molecule has 1 aromatic heterocycles. The summed E-state index contributed by atoms with van der Waals surface area (Å²) >= 11 is 0. The van der Waals surface area contributed by atoms with Gasteiger partial charge in [-0.1, -0.05) is 12.8 Å². The van der Waals surface area contributed by atoms with Gasteiger partial charge in [0.15, 0.2) is 0 Å². The maximum absolute atomic E-state index is 13.1. The van der Waals surface area contributed by atoms with Gasteiger partial charge in [-0.15, -0.1) is 0 Å². The van der Waals surface area contributed by atoms with Crippen molar-refractivity contribution in [3.63, 3.8) is 0 Å². The molecule has 4 rings (SSSR count). The lowest BCUT2D eigenvalue weighted by Gasteiger charge is -2.31. The molecule has 158 valence electrons. The number of aromatic nitrogens is 1. The summed E-state index contributed by atoms with van der Waals surface area (Å²) in [6.45, 7) is 0. The molecule has 2 fully saturated rings. The minimum atomic E-state index is -0.413. The predicted octanol–water partition coefficient (Wildman–Crippen LogP) is 2.89. The quantitative estimate of drug-likeness (QED) is 0.768. The highest BCUT2D eigenvalue weighted by Gasteiger charge is 2.37. The molecule has 2 aromatic rings. The number of nitrogens with zero attached hydrogens (tertiary/aromatic N) is 2. The van der Waals surface area contributed by atoms with Crippen LogP contribution in [0, 0.1) is 23.2 Å². The Morgan fingerprint density at radius 3 is 2.67 bits per heavy atom. The highest BCUT2D eigenvalue weighted by Crippen LogP contribution is 2.33. The van der Waals surface area contributed by atoms with Crippen LogP contribution in [0.4, 0.5) is 0 Å². The number of amides is 2. The van der Waals surface area contributed by atoms with Gasteiger partial charge in [0.2, 0.25) is 5.91 Å². The van der Waals surface area contributed by atoms with E-state index in [0.717, 1.165) is 55.2 Å². The van der Waals surface area contributed by atoms with Crippen LogP contribution in [0.3, 0.4) is 0 Å². The molecule has 0 saturated heterocycles. The molecule has 2 aliphatic rings. The molecule has 0 radical (unpaired) electrons. The van der Waals surface area contributed by atoms with Crippen LogP contribution in [-0.4, -0.2) is 35.6 Å². The zero-order chi connectivity index (χ0) is 21.3. The monoisotopic (exact) mass is 408 g/mol. The first-order chi connectivity index (χ1) is 14.5. The minimum absolute atomic E-state index is 0.111. The van der Waals surface area contributed by atoms with Crippen LogP contribution in [0.25, 0.3) is 10.9 Å². The van der Waals surface area contributed by atoms with Gasteiger partial charge in [-0.2, -0.15) is 5.26 Å². The number of carbonyl (C=O) groups is 2. The number of aryl methyl sites for hydroxylation is 1. The standard InChI is InChI=1S/C23H28N4O3/c1-27-20-12-16(30-2)10-9-15(20)11-21(27)23(29)25-18-6-4-3-5-17(18)22(28)26-19(13-24)14-7-8-14/h9-12,14,17-19H,3-8H2,1-2H3,(H,25,29)(H,26,28)/t17-,18+,19?/m1/s1. The fourth-order valence-electron chi connectivity index (χ4n) is 4.46. The topological polar surface area (TPSA) is 96.2 Å². The number of nitrogens with one attached hydrogen (secondary N) is 2. The molecule has 30 heavy (non-hydrogen) atoms. The van der Waals surface area contributed by atoms with Crippen LogP contribution in [0.2, 0.25) is 0 Å². The first-order valence-electron chi connectivity index (χ1n) is 10.7. The average Bonchev–Trinajstić information content (AvgIpc) is 3.55. The first-order valence-corrected chi connectivity index (χ1v) is 10.7. The molecule has 0 spiro atoms. The molecule has 0 bridgehead atoms. The van der Waals surface area contributed by atoms with Gasteiger partial charge in [0.25, 0.3) is 5.91 Å². The fourth-order valence-corrected chi connectivity index (χ4v) is 4.46. The summed E-state index contributed by atoms with van der Waals surface area (Å²) in [5.74, 6) is 0.425. The number of benzene rings is 1. The van der Waals surface area contributed by atoms with Gasteiger partial charge in [0.05, 0.1) is 24.6 Å². The Hall–Kier alpha value is -3.01. The number of methoxy groups -OCH3 is 1. The highest BCUT2D eigenvalue weighted by atomic mass is 16.5. The van der Waals surface area contributed by atoms with Crippen LogP contribution in [0.5, 0.6) is 5.75 Å². The van der Waals surface area contributed by atoms with E-state index in [-0.39, 0.29) is 29.7 Å². The third-order valence-corrected chi connectivity index (χ3v) is 6.43. The highest BCUT2D eigenvalue weighted by molar-refractivity contribution is 5.99. The van der Waals surface area contributed by atoms with Gasteiger partial charge in [0, 0.05) is 24.5 Å². The van der Waals surface area contributed by atoms with Crippen LogP contribution in [0.1, 0.15) is 49.0 Å². The maximum Gasteiger partial charge on any atom is 0.268 e. The summed E-state index contributed by atoms with van der Waals surface area (Å²) in [4.78, 5) is 25.9. The maximum atomic E-state index is 13.1. The van der Waals surface area contributed by atoms with E-state index < -0.39 is 6.04 Å². The van der Waals surface area contributed by atoms with Crippen LogP contribution >= 0.6 is 0 Å². The Kier molecular flexibility index (Phi) is 5.67. The molecule has 7 heteroatoms. The molecule has 2 saturated carbocycles. The molecule has 1 unspecified atom stereocenters. The largest absolute Gasteiger partial charge is 0.497 e. The lowest BCUT2D eigenvalue weighted by molar-refractivity contribution is -0.127. The van der Waals surface area contributed by atoms with E-state index in [0.29, 0.717) is 5.69 Å². The van der Waals surface area contributed by atoms with Crippen molar-refractivity contribution in [3.8, 4) is 11.8 Å². The van der Waals surface area contributed by atoms with E-state index in [4.69, 9.17) is 4.74 Å². The van der Waals surface area contributed by atoms with E-state index in [1.54, 1.807) is 7.11 Å². The van der Waals surface area contributed by atoms with Gasteiger partial charge < -0.3 is 19.9 Å². The number of carbonyl (C=O) groups excluding carboxylic acids is 2. The molecule has 1 heterocycles. The minimum Gasteiger partial charge on any atom is -0.497 e. The van der Waals surface area contributed by atoms with Crippen molar-refractivity contribution in [1.82, 2.24) is 15.2 Å². The van der Waals surface area contributed by atoms with Crippen molar-refractivity contribution in [2.75, 3.05) is 7.11 Å². The molecule has 2 aliphatic carbocycles. The van der Waals surface area contributed by atoms with Gasteiger partial charge in [0.1, 0.15) is 17.5 Å². The predicted molar refractivity (Wildman–Crippen MR) is 113 cm³/mol. The molecule has 0 aliphatic heterocycles. The third-order valence-electron chi connectivity index (χ3n) is 6.43. The smallest absolute Gasteiger partial charge is 0.268 e. The summed E-state index contributed by atoms with van der Waals surface area (Å²) in [5, 5.41) is 16.3. The number of nitriles is 1. The van der Waals surface area contributed by atoms with E-state index in [9.17, 15) is 14.9 Å². The molecular formula is C23H28N4O3. The average molecular weight is 409 g/mol. The summed E-state index contributed by atoms with van der Waals surface area (Å²) in [7, 11) is 3.47. The zero-order valence-electron chi connectivity index (χ0n) is 17.5. The van der Waals surface area contributed by atoms with E-state index in [1.807, 2.05) is 35.9 Å². The summed E-state index contributed by atoms with van der Waals surface area (Å²) in [6.07, 6.45) is 5.42. The van der Waals surface area contributed by atoms with Crippen LogP contribution in [0.15, 0.2) is 24.3 Å². The molecule has 2 N–H and O–H groups in total. The van der Waals surface area contributed by atoms with Crippen molar-refractivity contribution in [2.45, 2.75) is 50.6 Å². The second kappa shape index (κ2) is 8.39. The van der Waals surface area contributed by atoms with Gasteiger partial charge >= 0.3 is 0 Å². The number of hydrogen-bond donors (Lipinski definition) is 2. The second-order valence-corrected chi connectivity index (χ2v) is 8.44. The van der Waals surface area contributed by atoms with E-state index in [2.05, 4.69) is 16.7 Å². The number of ether oxygens (including phenoxy) is 1. The Balaban J connectivity index is 1.49. The van der Waals surface area contributed by atoms with Gasteiger partial charge in [-0.3, -0.25) is 9.59 Å². The van der Waals surface area contributed by atoms with Gasteiger partial charge in [-0.05, 0) is 49.8 Å². The van der Waals surface area contributed by atoms with Crippen molar-refractivity contribution in [3.05, 3.63) is 30.0 Å². The molecule has 2 amide bonds. The van der Waals surface area contributed by atoms with Crippen LogP contribution < -0.4 is 15.4 Å². The Morgan fingerprint density at radius 1 is 1.20 bits per heavy atom. The third kappa shape index (κ3) is 4.00. The normalized spacial score (nSPS) is 22.2. The van der Waals surface area contributed by atoms with Crippen LogP contribution in [-0.2, 0) is 11.8 Å². The first kappa shape index (κ1) is 20.3. The summed E-state index contributed by atoms with van der Waals surface area (Å²) in [5.41, 5.74) is 1.47. The Bertz CT molecular complexity index is 1000. The van der Waals surface area contributed by atoms with Crippen molar-refractivity contribution < 1.29 is 14.3 Å². The van der Waals surface area contributed by atoms with Crippen molar-refractivity contribution >= 4 is 22.7 Å². The lowest BCUT2D eigenvalue weighted by atomic mass is 9.83.